The van der Waals surface area contributed by atoms with Crippen molar-refractivity contribution in [3.8, 4) is 0 Å². The normalized spacial score (nSPS) is 12.8. The summed E-state index contributed by atoms with van der Waals surface area (Å²) in [5.74, 6) is 1.19. The Kier molecular flexibility index (Phi) is 5.80. The van der Waals surface area contributed by atoms with Gasteiger partial charge < -0.3 is 0 Å². The van der Waals surface area contributed by atoms with Crippen LogP contribution < -0.4 is 0 Å². The lowest BCUT2D eigenvalue weighted by molar-refractivity contribution is 0.627. The molecule has 0 aliphatic carbocycles. The second kappa shape index (κ2) is 6.62. The summed E-state index contributed by atoms with van der Waals surface area (Å²) in [5, 5.41) is 1.00. The highest BCUT2D eigenvalue weighted by Crippen LogP contribution is 2.25. The Morgan fingerprint density at radius 3 is 2.80 bits per heavy atom. The number of hydrogen-bond acceptors (Lipinski definition) is 1. The summed E-state index contributed by atoms with van der Waals surface area (Å²) in [4.78, 5) is 0. The van der Waals surface area contributed by atoms with Gasteiger partial charge in [0.1, 0.15) is 5.82 Å². The molecule has 0 aliphatic rings. The van der Waals surface area contributed by atoms with E-state index in [0.29, 0.717) is 16.2 Å². The van der Waals surface area contributed by atoms with E-state index in [4.69, 9.17) is 23.2 Å². The number of thioether (sulfide) groups is 1. The van der Waals surface area contributed by atoms with Crippen molar-refractivity contribution in [2.75, 3.05) is 5.88 Å². The fraction of sp³-hybridized carbons (Fsp3) is 0.455. The van der Waals surface area contributed by atoms with Crippen LogP contribution in [0.15, 0.2) is 18.2 Å². The van der Waals surface area contributed by atoms with E-state index in [9.17, 15) is 4.39 Å². The minimum atomic E-state index is -0.289. The highest BCUT2D eigenvalue weighted by atomic mass is 35.5. The zero-order valence-electron chi connectivity index (χ0n) is 8.47. The summed E-state index contributed by atoms with van der Waals surface area (Å²) in [6.07, 6.45) is 0.977. The second-order valence-corrected chi connectivity index (χ2v) is 5.55. The van der Waals surface area contributed by atoms with Gasteiger partial charge in [-0.15, -0.1) is 11.6 Å². The minimum Gasteiger partial charge on any atom is -0.207 e. The molecular formula is C11H13Cl2FS. The molecule has 0 bridgehead atoms. The first-order valence-corrected chi connectivity index (χ1v) is 6.71. The smallest absolute Gasteiger partial charge is 0.124 e. The number of hydrogen-bond donors (Lipinski definition) is 0. The van der Waals surface area contributed by atoms with Crippen LogP contribution in [-0.4, -0.2) is 11.1 Å². The molecule has 1 aromatic rings. The van der Waals surface area contributed by atoms with E-state index in [1.807, 2.05) is 0 Å². The highest BCUT2D eigenvalue weighted by molar-refractivity contribution is 7.99. The molecule has 1 unspecified atom stereocenters. The Labute approximate surface area is 104 Å². The van der Waals surface area contributed by atoms with E-state index < -0.39 is 0 Å². The summed E-state index contributed by atoms with van der Waals surface area (Å²) >= 11 is 13.3. The minimum absolute atomic E-state index is 0.289. The average Bonchev–Trinajstić information content (AvgIpc) is 2.17. The van der Waals surface area contributed by atoms with Crippen LogP contribution in [0.3, 0.4) is 0 Å². The summed E-state index contributed by atoms with van der Waals surface area (Å²) in [5.41, 5.74) is 0.976. The van der Waals surface area contributed by atoms with Crippen LogP contribution in [0.4, 0.5) is 4.39 Å². The molecule has 0 heterocycles. The summed E-state index contributed by atoms with van der Waals surface area (Å²) in [7, 11) is 0. The van der Waals surface area contributed by atoms with Crippen molar-refractivity contribution in [1.29, 1.82) is 0 Å². The lowest BCUT2D eigenvalue weighted by Crippen LogP contribution is -1.97. The van der Waals surface area contributed by atoms with E-state index in [-0.39, 0.29) is 5.82 Å². The van der Waals surface area contributed by atoms with Gasteiger partial charge >= 0.3 is 0 Å². The van der Waals surface area contributed by atoms with Crippen molar-refractivity contribution in [3.05, 3.63) is 34.6 Å². The number of rotatable bonds is 5. The Bertz CT molecular complexity index is 317. The van der Waals surface area contributed by atoms with Crippen LogP contribution in [0.1, 0.15) is 18.9 Å². The Morgan fingerprint density at radius 1 is 1.47 bits per heavy atom. The second-order valence-electron chi connectivity index (χ2n) is 3.34. The molecule has 0 amide bonds. The molecule has 0 nitrogen and oxygen atoms in total. The zero-order valence-corrected chi connectivity index (χ0v) is 10.8. The molecular weight excluding hydrogens is 254 g/mol. The van der Waals surface area contributed by atoms with Crippen LogP contribution >= 0.6 is 35.0 Å². The molecule has 1 rings (SSSR count). The van der Waals surface area contributed by atoms with Crippen LogP contribution in [0.5, 0.6) is 0 Å². The van der Waals surface area contributed by atoms with E-state index in [1.54, 1.807) is 17.8 Å². The first-order valence-electron chi connectivity index (χ1n) is 4.75. The highest BCUT2D eigenvalue weighted by Gasteiger charge is 2.05. The van der Waals surface area contributed by atoms with Crippen molar-refractivity contribution in [2.24, 2.45) is 0 Å². The topological polar surface area (TPSA) is 0 Å². The van der Waals surface area contributed by atoms with E-state index in [0.717, 1.165) is 17.7 Å². The largest absolute Gasteiger partial charge is 0.207 e. The van der Waals surface area contributed by atoms with Gasteiger partial charge in [0.05, 0.1) is 0 Å². The van der Waals surface area contributed by atoms with Gasteiger partial charge in [-0.2, -0.15) is 11.8 Å². The summed E-state index contributed by atoms with van der Waals surface area (Å²) in [6, 6.07) is 4.52. The van der Waals surface area contributed by atoms with E-state index >= 15 is 0 Å². The van der Waals surface area contributed by atoms with Gasteiger partial charge in [0, 0.05) is 21.9 Å². The lowest BCUT2D eigenvalue weighted by atomic mass is 10.2. The van der Waals surface area contributed by atoms with E-state index in [2.05, 4.69) is 6.92 Å². The predicted molar refractivity (Wildman–Crippen MR) is 67.5 cm³/mol. The molecule has 0 spiro atoms. The number of halogens is 3. The average molecular weight is 267 g/mol. The Balaban J connectivity index is 2.50. The van der Waals surface area contributed by atoms with Crippen molar-refractivity contribution >= 4 is 35.0 Å². The monoisotopic (exact) mass is 266 g/mol. The van der Waals surface area contributed by atoms with Gasteiger partial charge in [-0.3, -0.25) is 0 Å². The molecule has 15 heavy (non-hydrogen) atoms. The van der Waals surface area contributed by atoms with Gasteiger partial charge in [0.15, 0.2) is 0 Å². The molecule has 84 valence electrons. The molecule has 1 aromatic carbocycles. The summed E-state index contributed by atoms with van der Waals surface area (Å²) < 4.78 is 12.8. The van der Waals surface area contributed by atoms with Crippen LogP contribution in [0, 0.1) is 5.82 Å². The quantitative estimate of drug-likeness (QED) is 0.695. The van der Waals surface area contributed by atoms with Crippen molar-refractivity contribution in [1.82, 2.24) is 0 Å². The van der Waals surface area contributed by atoms with Crippen LogP contribution in [0.2, 0.25) is 5.02 Å². The Hall–Kier alpha value is 0.0800. The van der Waals surface area contributed by atoms with Crippen molar-refractivity contribution in [2.45, 2.75) is 24.3 Å². The summed E-state index contributed by atoms with van der Waals surface area (Å²) in [6.45, 7) is 2.13. The first-order chi connectivity index (χ1) is 7.13. The van der Waals surface area contributed by atoms with E-state index in [1.165, 1.54) is 12.1 Å². The maximum Gasteiger partial charge on any atom is 0.124 e. The molecule has 0 fully saturated rings. The fourth-order valence-corrected chi connectivity index (χ4v) is 2.88. The molecule has 0 radical (unpaired) electrons. The van der Waals surface area contributed by atoms with Gasteiger partial charge in [-0.1, -0.05) is 24.6 Å². The van der Waals surface area contributed by atoms with Crippen LogP contribution in [0.25, 0.3) is 0 Å². The van der Waals surface area contributed by atoms with Gasteiger partial charge in [0.25, 0.3) is 0 Å². The Morgan fingerprint density at radius 2 is 2.20 bits per heavy atom. The molecule has 0 N–H and O–H groups in total. The third kappa shape index (κ3) is 4.62. The standard InChI is InChI=1S/C11H13Cl2FS/c1-8(4-5-12)15-7-9-2-3-10(14)6-11(9)13/h2-3,6,8H,4-5,7H2,1H3. The SMILES string of the molecule is CC(CCCl)SCc1ccc(F)cc1Cl. The molecule has 0 aromatic heterocycles. The van der Waals surface area contributed by atoms with Gasteiger partial charge in [-0.05, 0) is 24.1 Å². The van der Waals surface area contributed by atoms with Crippen LogP contribution in [-0.2, 0) is 5.75 Å². The molecule has 4 heteroatoms. The van der Waals surface area contributed by atoms with Crippen molar-refractivity contribution < 1.29 is 4.39 Å². The third-order valence-electron chi connectivity index (χ3n) is 2.05. The fourth-order valence-electron chi connectivity index (χ4n) is 1.11. The van der Waals surface area contributed by atoms with Gasteiger partial charge in [-0.25, -0.2) is 4.39 Å². The molecule has 1 atom stereocenters. The number of benzene rings is 1. The predicted octanol–water partition coefficient (Wildman–Crippen LogP) is 4.73. The van der Waals surface area contributed by atoms with Crippen molar-refractivity contribution in [3.63, 3.8) is 0 Å². The molecule has 0 saturated heterocycles. The maximum atomic E-state index is 12.8. The molecule has 0 aliphatic heterocycles. The number of alkyl halides is 1. The molecule has 0 saturated carbocycles. The first kappa shape index (κ1) is 13.1. The maximum absolute atomic E-state index is 12.8. The third-order valence-corrected chi connectivity index (χ3v) is 3.91. The van der Waals surface area contributed by atoms with Gasteiger partial charge in [0.2, 0.25) is 0 Å². The lowest BCUT2D eigenvalue weighted by Gasteiger charge is -2.10. The zero-order chi connectivity index (χ0) is 11.3.